The summed E-state index contributed by atoms with van der Waals surface area (Å²) in [5.41, 5.74) is 3.96. The van der Waals surface area contributed by atoms with Crippen LogP contribution >= 0.6 is 11.8 Å². The molecule has 1 fully saturated rings. The molecule has 1 heterocycles. The molecular weight excluding hydrogens is 254 g/mol. The van der Waals surface area contributed by atoms with Crippen LogP contribution in [0.2, 0.25) is 0 Å². The SMILES string of the molecule is CSC1(Cn2c(C)cc3c2CCCC3O)CCCC1. The highest BCUT2D eigenvalue weighted by Crippen LogP contribution is 2.43. The van der Waals surface area contributed by atoms with E-state index in [1.54, 1.807) is 0 Å². The number of aliphatic hydroxyl groups excluding tert-OH is 1. The largest absolute Gasteiger partial charge is 0.388 e. The van der Waals surface area contributed by atoms with Gasteiger partial charge in [-0.15, -0.1) is 0 Å². The van der Waals surface area contributed by atoms with E-state index in [1.165, 1.54) is 42.6 Å². The van der Waals surface area contributed by atoms with Crippen LogP contribution in [0.3, 0.4) is 0 Å². The number of aromatic nitrogens is 1. The fourth-order valence-electron chi connectivity index (χ4n) is 3.90. The average Bonchev–Trinajstić information content (AvgIpc) is 2.99. The summed E-state index contributed by atoms with van der Waals surface area (Å²) >= 11 is 2.05. The third-order valence-electron chi connectivity index (χ3n) is 5.09. The molecule has 1 aromatic heterocycles. The van der Waals surface area contributed by atoms with Crippen molar-refractivity contribution in [3.63, 3.8) is 0 Å². The molecular formula is C16H25NOS. The van der Waals surface area contributed by atoms with Crippen LogP contribution in [0, 0.1) is 6.92 Å². The van der Waals surface area contributed by atoms with Crippen molar-refractivity contribution in [1.29, 1.82) is 0 Å². The van der Waals surface area contributed by atoms with Gasteiger partial charge in [0.25, 0.3) is 0 Å². The Morgan fingerprint density at radius 3 is 2.79 bits per heavy atom. The molecule has 106 valence electrons. The van der Waals surface area contributed by atoms with E-state index in [0.29, 0.717) is 4.75 Å². The molecule has 0 spiro atoms. The molecule has 2 aliphatic carbocycles. The lowest BCUT2D eigenvalue weighted by Crippen LogP contribution is -2.28. The minimum absolute atomic E-state index is 0.225. The fraction of sp³-hybridized carbons (Fsp3) is 0.750. The molecule has 2 nitrogen and oxygen atoms in total. The number of nitrogens with zero attached hydrogens (tertiary/aromatic N) is 1. The molecule has 2 aliphatic rings. The molecule has 1 atom stereocenters. The minimum Gasteiger partial charge on any atom is -0.388 e. The lowest BCUT2D eigenvalue weighted by Gasteiger charge is -2.30. The molecule has 0 amide bonds. The van der Waals surface area contributed by atoms with Crippen LogP contribution in [-0.2, 0) is 13.0 Å². The van der Waals surface area contributed by atoms with E-state index in [9.17, 15) is 5.11 Å². The van der Waals surface area contributed by atoms with Gasteiger partial charge < -0.3 is 9.67 Å². The molecule has 1 aromatic rings. The van der Waals surface area contributed by atoms with Gasteiger partial charge in [-0.3, -0.25) is 0 Å². The van der Waals surface area contributed by atoms with Crippen molar-refractivity contribution in [1.82, 2.24) is 4.57 Å². The molecule has 1 N–H and O–H groups in total. The summed E-state index contributed by atoms with van der Waals surface area (Å²) in [6.45, 7) is 3.34. The molecule has 0 aromatic carbocycles. The van der Waals surface area contributed by atoms with E-state index >= 15 is 0 Å². The summed E-state index contributed by atoms with van der Waals surface area (Å²) in [6.07, 6.45) is 10.7. The van der Waals surface area contributed by atoms with E-state index in [2.05, 4.69) is 35.6 Å². The van der Waals surface area contributed by atoms with Crippen LogP contribution in [0.25, 0.3) is 0 Å². The third-order valence-corrected chi connectivity index (χ3v) is 6.50. The van der Waals surface area contributed by atoms with Gasteiger partial charge in [0.2, 0.25) is 0 Å². The van der Waals surface area contributed by atoms with Crippen LogP contribution in [-0.4, -0.2) is 20.7 Å². The number of thioether (sulfide) groups is 1. The number of aliphatic hydroxyl groups is 1. The molecule has 1 saturated carbocycles. The maximum Gasteiger partial charge on any atom is 0.0807 e. The highest BCUT2D eigenvalue weighted by Gasteiger charge is 2.35. The second-order valence-corrected chi connectivity index (χ2v) is 7.55. The Morgan fingerprint density at radius 2 is 2.11 bits per heavy atom. The summed E-state index contributed by atoms with van der Waals surface area (Å²) in [5, 5.41) is 10.2. The first-order valence-electron chi connectivity index (χ1n) is 7.57. The van der Waals surface area contributed by atoms with Gasteiger partial charge in [0.15, 0.2) is 0 Å². The summed E-state index contributed by atoms with van der Waals surface area (Å²) in [4.78, 5) is 0. The zero-order valence-corrected chi connectivity index (χ0v) is 12.9. The van der Waals surface area contributed by atoms with Gasteiger partial charge >= 0.3 is 0 Å². The van der Waals surface area contributed by atoms with Crippen LogP contribution in [0.5, 0.6) is 0 Å². The van der Waals surface area contributed by atoms with E-state index in [0.717, 1.165) is 25.8 Å². The zero-order valence-electron chi connectivity index (χ0n) is 12.1. The van der Waals surface area contributed by atoms with E-state index in [-0.39, 0.29) is 6.10 Å². The van der Waals surface area contributed by atoms with Crippen molar-refractivity contribution in [3.05, 3.63) is 23.0 Å². The topological polar surface area (TPSA) is 25.2 Å². The molecule has 19 heavy (non-hydrogen) atoms. The fourth-order valence-corrected chi connectivity index (χ4v) is 4.85. The van der Waals surface area contributed by atoms with Gasteiger partial charge in [-0.25, -0.2) is 0 Å². The Morgan fingerprint density at radius 1 is 1.37 bits per heavy atom. The van der Waals surface area contributed by atoms with Gasteiger partial charge in [0.1, 0.15) is 0 Å². The molecule has 1 unspecified atom stereocenters. The number of rotatable bonds is 3. The van der Waals surface area contributed by atoms with Crippen molar-refractivity contribution in [3.8, 4) is 0 Å². The quantitative estimate of drug-likeness (QED) is 0.909. The van der Waals surface area contributed by atoms with Crippen LogP contribution in [0.1, 0.15) is 61.6 Å². The molecule has 3 rings (SSSR count). The van der Waals surface area contributed by atoms with Crippen molar-refractivity contribution in [2.24, 2.45) is 0 Å². The van der Waals surface area contributed by atoms with Gasteiger partial charge in [0, 0.05) is 28.2 Å². The first-order chi connectivity index (χ1) is 9.15. The van der Waals surface area contributed by atoms with Crippen molar-refractivity contribution < 1.29 is 5.11 Å². The standard InChI is InChI=1S/C16H25NOS/c1-12-10-13-14(6-5-7-15(13)18)17(12)11-16(19-2)8-3-4-9-16/h10,15,18H,3-9,11H2,1-2H3. The number of fused-ring (bicyclic) bond motifs is 1. The lowest BCUT2D eigenvalue weighted by molar-refractivity contribution is 0.155. The summed E-state index contributed by atoms with van der Waals surface area (Å²) in [6, 6.07) is 2.22. The highest BCUT2D eigenvalue weighted by atomic mass is 32.2. The average molecular weight is 279 g/mol. The predicted octanol–water partition coefficient (Wildman–Crippen LogP) is 3.84. The number of aryl methyl sites for hydroxylation is 1. The van der Waals surface area contributed by atoms with E-state index in [1.807, 2.05) is 0 Å². The minimum atomic E-state index is -0.225. The summed E-state index contributed by atoms with van der Waals surface area (Å²) in [7, 11) is 0. The Hall–Kier alpha value is -0.410. The maximum absolute atomic E-state index is 10.2. The Kier molecular flexibility index (Phi) is 3.69. The Bertz CT molecular complexity index is 460. The highest BCUT2D eigenvalue weighted by molar-refractivity contribution is 8.00. The molecule has 3 heteroatoms. The van der Waals surface area contributed by atoms with Gasteiger partial charge in [-0.1, -0.05) is 12.8 Å². The number of hydrogen-bond acceptors (Lipinski definition) is 2. The zero-order chi connectivity index (χ0) is 13.5. The monoisotopic (exact) mass is 279 g/mol. The van der Waals surface area contributed by atoms with Crippen molar-refractivity contribution in [2.45, 2.75) is 69.3 Å². The van der Waals surface area contributed by atoms with E-state index < -0.39 is 0 Å². The lowest BCUT2D eigenvalue weighted by atomic mass is 9.95. The third kappa shape index (κ3) is 2.36. The molecule has 0 radical (unpaired) electrons. The molecule has 0 aliphatic heterocycles. The van der Waals surface area contributed by atoms with Crippen LogP contribution in [0.15, 0.2) is 6.07 Å². The molecule has 0 bridgehead atoms. The van der Waals surface area contributed by atoms with Crippen LogP contribution < -0.4 is 0 Å². The second-order valence-electron chi connectivity index (χ2n) is 6.28. The van der Waals surface area contributed by atoms with Crippen molar-refractivity contribution in [2.75, 3.05) is 6.26 Å². The molecule has 0 saturated heterocycles. The Labute approximate surface area is 120 Å². The normalized spacial score (nSPS) is 25.5. The first kappa shape index (κ1) is 13.6. The van der Waals surface area contributed by atoms with E-state index in [4.69, 9.17) is 0 Å². The first-order valence-corrected chi connectivity index (χ1v) is 8.80. The smallest absolute Gasteiger partial charge is 0.0807 e. The summed E-state index contributed by atoms with van der Waals surface area (Å²) in [5.74, 6) is 0. The predicted molar refractivity (Wildman–Crippen MR) is 81.8 cm³/mol. The van der Waals surface area contributed by atoms with Gasteiger partial charge in [-0.2, -0.15) is 11.8 Å². The summed E-state index contributed by atoms with van der Waals surface area (Å²) < 4.78 is 2.96. The van der Waals surface area contributed by atoms with Crippen LogP contribution in [0.4, 0.5) is 0 Å². The maximum atomic E-state index is 10.2. The number of hydrogen-bond donors (Lipinski definition) is 1. The Balaban J connectivity index is 1.92. The van der Waals surface area contributed by atoms with Gasteiger partial charge in [-0.05, 0) is 51.3 Å². The second kappa shape index (κ2) is 5.17. The van der Waals surface area contributed by atoms with Gasteiger partial charge in [0.05, 0.1) is 6.10 Å². The van der Waals surface area contributed by atoms with Crippen molar-refractivity contribution >= 4 is 11.8 Å².